The maximum absolute atomic E-state index is 5.52. The van der Waals surface area contributed by atoms with E-state index in [1.54, 1.807) is 42.7 Å². The van der Waals surface area contributed by atoms with Crippen LogP contribution in [0.3, 0.4) is 0 Å². The Labute approximate surface area is 97.4 Å². The summed E-state index contributed by atoms with van der Waals surface area (Å²) in [5.74, 6) is 1.14. The van der Waals surface area contributed by atoms with Crippen molar-refractivity contribution in [1.82, 2.24) is 0 Å². The van der Waals surface area contributed by atoms with Crippen molar-refractivity contribution in [1.29, 1.82) is 0 Å². The van der Waals surface area contributed by atoms with Gasteiger partial charge in [0.15, 0.2) is 0 Å². The van der Waals surface area contributed by atoms with Gasteiger partial charge in [-0.1, -0.05) is 44.0 Å². The summed E-state index contributed by atoms with van der Waals surface area (Å²) in [6.45, 7) is 12.6. The van der Waals surface area contributed by atoms with Gasteiger partial charge in [-0.15, -0.1) is 0 Å². The van der Waals surface area contributed by atoms with Crippen molar-refractivity contribution in [3.63, 3.8) is 0 Å². The molecule has 0 aromatic heterocycles. The Bertz CT molecular complexity index is 357. The Morgan fingerprint density at radius 1 is 1.12 bits per heavy atom. The molecule has 0 spiro atoms. The van der Waals surface area contributed by atoms with E-state index in [1.807, 2.05) is 13.0 Å². The van der Waals surface area contributed by atoms with Crippen molar-refractivity contribution < 1.29 is 4.74 Å². The fourth-order valence-corrected chi connectivity index (χ4v) is 0.803. The lowest BCUT2D eigenvalue weighted by molar-refractivity contribution is 0.317. The molecule has 0 aliphatic rings. The smallest absolute Gasteiger partial charge is 0.219 e. The normalized spacial score (nSPS) is 13.1. The van der Waals surface area contributed by atoms with Crippen molar-refractivity contribution in [3.8, 4) is 0 Å². The van der Waals surface area contributed by atoms with Crippen LogP contribution >= 0.6 is 0 Å². The number of hydrogen-bond acceptors (Lipinski definition) is 2. The maximum Gasteiger partial charge on any atom is 0.219 e. The molecule has 0 heterocycles. The SMILES string of the molecule is C=CC=N/C(=C\C=C)OC(/C=C\C=C)=C/C. The minimum atomic E-state index is 0.455. The van der Waals surface area contributed by atoms with Gasteiger partial charge in [-0.25, -0.2) is 4.99 Å². The third kappa shape index (κ3) is 6.38. The molecule has 0 bridgehead atoms. The van der Waals surface area contributed by atoms with Gasteiger partial charge in [-0.2, -0.15) is 0 Å². The third-order valence-corrected chi connectivity index (χ3v) is 1.47. The Morgan fingerprint density at radius 3 is 2.38 bits per heavy atom. The van der Waals surface area contributed by atoms with E-state index in [4.69, 9.17) is 4.74 Å². The molecule has 0 aromatic carbocycles. The number of rotatable bonds is 7. The highest BCUT2D eigenvalue weighted by atomic mass is 16.5. The van der Waals surface area contributed by atoms with Crippen LogP contribution in [0.1, 0.15) is 6.92 Å². The average Bonchev–Trinajstić information content (AvgIpc) is 2.31. The zero-order valence-electron chi connectivity index (χ0n) is 9.60. The minimum absolute atomic E-state index is 0.455. The highest BCUT2D eigenvalue weighted by Crippen LogP contribution is 2.09. The lowest BCUT2D eigenvalue weighted by Gasteiger charge is -2.04. The van der Waals surface area contributed by atoms with Crippen LogP contribution in [0.25, 0.3) is 0 Å². The molecule has 2 heteroatoms. The van der Waals surface area contributed by atoms with Crippen molar-refractivity contribution in [2.75, 3.05) is 0 Å². The first kappa shape index (κ1) is 13.9. The van der Waals surface area contributed by atoms with Crippen molar-refractivity contribution in [2.24, 2.45) is 4.99 Å². The molecule has 2 nitrogen and oxygen atoms in total. The number of nitrogens with zero attached hydrogens (tertiary/aromatic N) is 1. The number of allylic oxidation sites excluding steroid dienone is 7. The van der Waals surface area contributed by atoms with Crippen molar-refractivity contribution >= 4 is 6.21 Å². The second-order valence-corrected chi connectivity index (χ2v) is 2.64. The highest BCUT2D eigenvalue weighted by Gasteiger charge is 1.95. The summed E-state index contributed by atoms with van der Waals surface area (Å²) in [5.41, 5.74) is 0. The van der Waals surface area contributed by atoms with Crippen LogP contribution < -0.4 is 0 Å². The Hall–Kier alpha value is -2.09. The summed E-state index contributed by atoms with van der Waals surface area (Å²) in [5, 5.41) is 0. The number of aliphatic imine (C=N–C) groups is 1. The van der Waals surface area contributed by atoms with Gasteiger partial charge in [0.1, 0.15) is 5.76 Å². The van der Waals surface area contributed by atoms with Gasteiger partial charge in [0.25, 0.3) is 0 Å². The van der Waals surface area contributed by atoms with Gasteiger partial charge in [0.05, 0.1) is 0 Å². The molecule has 0 saturated heterocycles. The van der Waals surface area contributed by atoms with Crippen LogP contribution in [0.15, 0.2) is 78.9 Å². The highest BCUT2D eigenvalue weighted by molar-refractivity contribution is 5.71. The quantitative estimate of drug-likeness (QED) is 0.358. The van der Waals surface area contributed by atoms with E-state index >= 15 is 0 Å². The van der Waals surface area contributed by atoms with E-state index in [9.17, 15) is 0 Å². The molecule has 0 saturated carbocycles. The van der Waals surface area contributed by atoms with Gasteiger partial charge < -0.3 is 4.74 Å². The first-order valence-corrected chi connectivity index (χ1v) is 4.89. The van der Waals surface area contributed by atoms with Crippen LogP contribution in [-0.2, 0) is 4.74 Å². The molecule has 0 fully saturated rings. The lowest BCUT2D eigenvalue weighted by Crippen LogP contribution is -1.88. The molecule has 0 aliphatic carbocycles. The summed E-state index contributed by atoms with van der Waals surface area (Å²) < 4.78 is 5.52. The Morgan fingerprint density at radius 2 is 1.88 bits per heavy atom. The van der Waals surface area contributed by atoms with E-state index < -0.39 is 0 Å². The van der Waals surface area contributed by atoms with E-state index in [-0.39, 0.29) is 0 Å². The monoisotopic (exact) mass is 215 g/mol. The maximum atomic E-state index is 5.52. The van der Waals surface area contributed by atoms with E-state index in [0.29, 0.717) is 11.6 Å². The Kier molecular flexibility index (Phi) is 8.23. The summed E-state index contributed by atoms with van der Waals surface area (Å²) in [6, 6.07) is 0. The molecule has 0 aliphatic heterocycles. The molecular formula is C14H17NO. The molecule has 0 N–H and O–H groups in total. The summed E-state index contributed by atoms with van der Waals surface area (Å²) in [7, 11) is 0. The predicted octanol–water partition coefficient (Wildman–Crippen LogP) is 3.93. The molecule has 16 heavy (non-hydrogen) atoms. The predicted molar refractivity (Wildman–Crippen MR) is 71.1 cm³/mol. The zero-order valence-corrected chi connectivity index (χ0v) is 9.60. The minimum Gasteiger partial charge on any atom is -0.439 e. The van der Waals surface area contributed by atoms with E-state index in [1.165, 1.54) is 0 Å². The fraction of sp³-hybridized carbons (Fsp3) is 0.0714. The van der Waals surface area contributed by atoms with Crippen LogP contribution in [0.4, 0.5) is 0 Å². The summed E-state index contributed by atoms with van der Waals surface area (Å²) in [4.78, 5) is 4.05. The molecule has 0 atom stereocenters. The van der Waals surface area contributed by atoms with Crippen molar-refractivity contribution in [2.45, 2.75) is 6.92 Å². The first-order valence-electron chi connectivity index (χ1n) is 4.89. The zero-order chi connectivity index (χ0) is 12.2. The lowest BCUT2D eigenvalue weighted by atomic mass is 10.4. The van der Waals surface area contributed by atoms with Crippen molar-refractivity contribution in [3.05, 3.63) is 73.9 Å². The number of hydrogen-bond donors (Lipinski definition) is 0. The second-order valence-electron chi connectivity index (χ2n) is 2.64. The summed E-state index contributed by atoms with van der Waals surface area (Å²) in [6.07, 6.45) is 13.5. The summed E-state index contributed by atoms with van der Waals surface area (Å²) >= 11 is 0. The topological polar surface area (TPSA) is 21.6 Å². The number of ether oxygens (including phenoxy) is 1. The van der Waals surface area contributed by atoms with E-state index in [0.717, 1.165) is 0 Å². The molecule has 0 radical (unpaired) electrons. The second kappa shape index (κ2) is 9.46. The Balaban J connectivity index is 4.73. The van der Waals surface area contributed by atoms with Crippen LogP contribution in [0, 0.1) is 0 Å². The molecule has 0 rings (SSSR count). The van der Waals surface area contributed by atoms with Gasteiger partial charge in [0, 0.05) is 12.3 Å². The van der Waals surface area contributed by atoms with Crippen LogP contribution in [0.5, 0.6) is 0 Å². The molecular weight excluding hydrogens is 198 g/mol. The average molecular weight is 215 g/mol. The molecule has 0 aromatic rings. The van der Waals surface area contributed by atoms with E-state index in [2.05, 4.69) is 24.7 Å². The van der Waals surface area contributed by atoms with Gasteiger partial charge >= 0.3 is 0 Å². The van der Waals surface area contributed by atoms with Gasteiger partial charge in [-0.05, 0) is 19.1 Å². The van der Waals surface area contributed by atoms with Crippen LogP contribution in [-0.4, -0.2) is 6.21 Å². The van der Waals surface area contributed by atoms with Gasteiger partial charge in [0.2, 0.25) is 5.88 Å². The first-order chi connectivity index (χ1) is 7.78. The molecule has 0 amide bonds. The van der Waals surface area contributed by atoms with Crippen LogP contribution in [0.2, 0.25) is 0 Å². The third-order valence-electron chi connectivity index (χ3n) is 1.47. The molecule has 84 valence electrons. The standard InChI is InChI=1S/C14H17NO/c1-5-9-11-13(8-4)16-14(10-6-2)15-12-7-3/h5-12H,1-3H2,4H3/b11-9-,13-8+,14-10+,15-12?. The molecule has 0 unspecified atom stereocenters. The fourth-order valence-electron chi connectivity index (χ4n) is 0.803. The van der Waals surface area contributed by atoms with Gasteiger partial charge in [-0.3, -0.25) is 0 Å². The largest absolute Gasteiger partial charge is 0.439 e.